The van der Waals surface area contributed by atoms with E-state index in [9.17, 15) is 14.7 Å². The topological polar surface area (TPSA) is 114 Å². The first-order valence-corrected chi connectivity index (χ1v) is 13.0. The summed E-state index contributed by atoms with van der Waals surface area (Å²) >= 11 is 0. The summed E-state index contributed by atoms with van der Waals surface area (Å²) < 4.78 is 6.56. The van der Waals surface area contributed by atoms with E-state index in [1.54, 1.807) is 16.7 Å². The third-order valence-electron chi connectivity index (χ3n) is 6.82. The summed E-state index contributed by atoms with van der Waals surface area (Å²) in [5.41, 5.74) is 5.62. The maximum Gasteiger partial charge on any atom is 0.439 e. The lowest BCUT2D eigenvalue weighted by atomic mass is 9.97. The molecule has 0 aliphatic carbocycles. The SMILES string of the molecule is CCCCc1nc(C)c(Cc2ccc(O)cc2)c(=O)n1Cc1ccc(-c2ccccc2)c(-c2noc(=O)[nH]2)c1. The van der Waals surface area contributed by atoms with Crippen LogP contribution in [0.3, 0.4) is 0 Å². The summed E-state index contributed by atoms with van der Waals surface area (Å²) in [5, 5.41) is 13.6. The number of nitrogens with one attached hydrogen (secondary N) is 1. The number of nitrogens with zero attached hydrogens (tertiary/aromatic N) is 3. The lowest BCUT2D eigenvalue weighted by Gasteiger charge is -2.17. The summed E-state index contributed by atoms with van der Waals surface area (Å²) in [6, 6.07) is 22.6. The highest BCUT2D eigenvalue weighted by Crippen LogP contribution is 2.31. The monoisotopic (exact) mass is 522 g/mol. The highest BCUT2D eigenvalue weighted by Gasteiger charge is 2.17. The summed E-state index contributed by atoms with van der Waals surface area (Å²) in [6.45, 7) is 4.31. The second-order valence-electron chi connectivity index (χ2n) is 9.62. The number of phenolic OH excluding ortho intramolecular Hbond substituents is 1. The molecule has 5 aromatic rings. The van der Waals surface area contributed by atoms with Gasteiger partial charge in [-0.25, -0.2) is 9.78 Å². The number of aromatic amines is 1. The molecule has 0 bridgehead atoms. The summed E-state index contributed by atoms with van der Waals surface area (Å²) in [6.07, 6.45) is 3.02. The van der Waals surface area contributed by atoms with E-state index in [1.165, 1.54) is 0 Å². The van der Waals surface area contributed by atoms with Crippen molar-refractivity contribution in [1.29, 1.82) is 0 Å². The van der Waals surface area contributed by atoms with Crippen molar-refractivity contribution in [3.63, 3.8) is 0 Å². The van der Waals surface area contributed by atoms with Crippen molar-refractivity contribution in [2.24, 2.45) is 0 Å². The fraction of sp³-hybridized carbons (Fsp3) is 0.226. The normalized spacial score (nSPS) is 11.1. The van der Waals surface area contributed by atoms with E-state index in [1.807, 2.05) is 67.6 Å². The molecule has 2 aromatic heterocycles. The fourth-order valence-corrected chi connectivity index (χ4v) is 4.75. The lowest BCUT2D eigenvalue weighted by Crippen LogP contribution is -2.30. The van der Waals surface area contributed by atoms with Crippen LogP contribution >= 0.6 is 0 Å². The van der Waals surface area contributed by atoms with E-state index in [4.69, 9.17) is 9.51 Å². The van der Waals surface area contributed by atoms with E-state index in [-0.39, 0.29) is 11.3 Å². The number of unbranched alkanes of at least 4 members (excludes halogenated alkanes) is 1. The average molecular weight is 523 g/mol. The van der Waals surface area contributed by atoms with Gasteiger partial charge in [0.25, 0.3) is 5.56 Å². The summed E-state index contributed by atoms with van der Waals surface area (Å²) in [4.78, 5) is 33.2. The van der Waals surface area contributed by atoms with E-state index in [2.05, 4.69) is 17.1 Å². The molecule has 3 aromatic carbocycles. The molecule has 0 spiro atoms. The minimum atomic E-state index is -0.630. The number of aromatic nitrogens is 4. The molecule has 2 N–H and O–H groups in total. The van der Waals surface area contributed by atoms with E-state index in [0.29, 0.717) is 36.3 Å². The van der Waals surface area contributed by atoms with Gasteiger partial charge in [0.2, 0.25) is 0 Å². The maximum atomic E-state index is 13.9. The maximum absolute atomic E-state index is 13.9. The predicted octanol–water partition coefficient (Wildman–Crippen LogP) is 5.25. The second kappa shape index (κ2) is 11.3. The van der Waals surface area contributed by atoms with Crippen molar-refractivity contribution < 1.29 is 9.63 Å². The Bertz CT molecular complexity index is 1700. The summed E-state index contributed by atoms with van der Waals surface area (Å²) in [5.74, 6) is 0.630. The molecule has 8 nitrogen and oxygen atoms in total. The van der Waals surface area contributed by atoms with Crippen molar-refractivity contribution in [3.8, 4) is 28.3 Å². The van der Waals surface area contributed by atoms with Crippen molar-refractivity contribution in [2.75, 3.05) is 0 Å². The van der Waals surface area contributed by atoms with Crippen LogP contribution in [0.2, 0.25) is 0 Å². The zero-order chi connectivity index (χ0) is 27.4. The van der Waals surface area contributed by atoms with Crippen LogP contribution in [0.4, 0.5) is 0 Å². The highest BCUT2D eigenvalue weighted by molar-refractivity contribution is 5.80. The molecule has 0 unspecified atom stereocenters. The van der Waals surface area contributed by atoms with Gasteiger partial charge in [0.15, 0.2) is 5.82 Å². The molecule has 0 aliphatic heterocycles. The number of hydrogen-bond acceptors (Lipinski definition) is 6. The number of aryl methyl sites for hydroxylation is 2. The molecule has 5 rings (SSSR count). The van der Waals surface area contributed by atoms with Gasteiger partial charge in [0.1, 0.15) is 11.6 Å². The van der Waals surface area contributed by atoms with Crippen molar-refractivity contribution in [3.05, 3.63) is 122 Å². The number of benzene rings is 3. The third-order valence-corrected chi connectivity index (χ3v) is 6.82. The predicted molar refractivity (Wildman–Crippen MR) is 150 cm³/mol. The van der Waals surface area contributed by atoms with Crippen LogP contribution in [0, 0.1) is 6.92 Å². The first kappa shape index (κ1) is 25.9. The van der Waals surface area contributed by atoms with Crippen LogP contribution in [0.5, 0.6) is 5.75 Å². The Morgan fingerprint density at radius 3 is 2.38 bits per heavy atom. The Hall–Kier alpha value is -4.72. The van der Waals surface area contributed by atoms with Crippen LogP contribution < -0.4 is 11.3 Å². The number of rotatable bonds is 9. The largest absolute Gasteiger partial charge is 0.508 e. The fourth-order valence-electron chi connectivity index (χ4n) is 4.75. The van der Waals surface area contributed by atoms with Gasteiger partial charge in [0, 0.05) is 29.7 Å². The molecule has 0 fully saturated rings. The first-order chi connectivity index (χ1) is 18.9. The van der Waals surface area contributed by atoms with Gasteiger partial charge in [-0.05, 0) is 53.8 Å². The van der Waals surface area contributed by atoms with Crippen LogP contribution in [-0.2, 0) is 19.4 Å². The molecule has 0 aliphatic rings. The average Bonchev–Trinajstić information content (AvgIpc) is 3.39. The van der Waals surface area contributed by atoms with E-state index in [0.717, 1.165) is 46.6 Å². The van der Waals surface area contributed by atoms with Gasteiger partial charge in [-0.2, -0.15) is 0 Å². The number of H-pyrrole nitrogens is 1. The van der Waals surface area contributed by atoms with Crippen molar-refractivity contribution in [2.45, 2.75) is 46.1 Å². The van der Waals surface area contributed by atoms with Crippen LogP contribution in [0.25, 0.3) is 22.5 Å². The molecule has 0 atom stereocenters. The molecule has 198 valence electrons. The summed E-state index contributed by atoms with van der Waals surface area (Å²) in [7, 11) is 0. The number of aromatic hydroxyl groups is 1. The lowest BCUT2D eigenvalue weighted by molar-refractivity contribution is 0.388. The smallest absolute Gasteiger partial charge is 0.439 e. The Balaban J connectivity index is 1.59. The van der Waals surface area contributed by atoms with Gasteiger partial charge in [-0.15, -0.1) is 0 Å². The molecular formula is C31H30N4O4. The number of hydrogen-bond donors (Lipinski definition) is 2. The Morgan fingerprint density at radius 1 is 0.949 bits per heavy atom. The Kier molecular flexibility index (Phi) is 7.54. The van der Waals surface area contributed by atoms with Crippen LogP contribution in [-0.4, -0.2) is 24.8 Å². The van der Waals surface area contributed by atoms with Crippen LogP contribution in [0.1, 0.15) is 48.0 Å². The first-order valence-electron chi connectivity index (χ1n) is 13.0. The van der Waals surface area contributed by atoms with Crippen LogP contribution in [0.15, 0.2) is 86.9 Å². The van der Waals surface area contributed by atoms with E-state index >= 15 is 0 Å². The molecule has 0 radical (unpaired) electrons. The highest BCUT2D eigenvalue weighted by atomic mass is 16.5. The Labute approximate surface area is 225 Å². The molecule has 0 saturated heterocycles. The number of phenols is 1. The van der Waals surface area contributed by atoms with Gasteiger partial charge in [-0.3, -0.25) is 18.9 Å². The quantitative estimate of drug-likeness (QED) is 0.273. The minimum Gasteiger partial charge on any atom is -0.508 e. The molecule has 2 heterocycles. The molecule has 0 amide bonds. The second-order valence-corrected chi connectivity index (χ2v) is 9.62. The van der Waals surface area contributed by atoms with Crippen molar-refractivity contribution in [1.82, 2.24) is 19.7 Å². The Morgan fingerprint density at radius 2 is 1.69 bits per heavy atom. The molecule has 39 heavy (non-hydrogen) atoms. The standard InChI is InChI=1S/C31H30N4O4/c1-3-4-10-28-32-20(2)26(17-21-11-14-24(36)15-12-21)30(37)35(28)19-22-13-16-25(23-8-6-5-7-9-23)27(18-22)29-33-31(38)39-34-29/h5-9,11-16,18,36H,3-4,10,17,19H2,1-2H3,(H,33,34,38). The van der Waals surface area contributed by atoms with E-state index < -0.39 is 5.76 Å². The molecule has 8 heteroatoms. The zero-order valence-electron chi connectivity index (χ0n) is 22.0. The van der Waals surface area contributed by atoms with Gasteiger partial charge < -0.3 is 5.11 Å². The van der Waals surface area contributed by atoms with Gasteiger partial charge in [-0.1, -0.05) is 73.1 Å². The van der Waals surface area contributed by atoms with Gasteiger partial charge in [0.05, 0.1) is 6.54 Å². The molecule has 0 saturated carbocycles. The zero-order valence-corrected chi connectivity index (χ0v) is 22.0. The third kappa shape index (κ3) is 5.75. The minimum absolute atomic E-state index is 0.0785. The molecular weight excluding hydrogens is 492 g/mol. The van der Waals surface area contributed by atoms with Gasteiger partial charge >= 0.3 is 5.76 Å². The van der Waals surface area contributed by atoms with Crippen molar-refractivity contribution >= 4 is 0 Å².